The van der Waals surface area contributed by atoms with Crippen molar-refractivity contribution in [3.8, 4) is 5.75 Å². The normalized spacial score (nSPS) is 11.5. The number of rotatable bonds is 4. The quantitative estimate of drug-likeness (QED) is 0.403. The van der Waals surface area contributed by atoms with Gasteiger partial charge in [0.1, 0.15) is 5.75 Å². The largest absolute Gasteiger partial charge is 0.435 e. The van der Waals surface area contributed by atoms with E-state index in [0.29, 0.717) is 11.4 Å². The highest BCUT2D eigenvalue weighted by molar-refractivity contribution is 6.02. The molecule has 0 saturated heterocycles. The highest BCUT2D eigenvalue weighted by atomic mass is 19.3. The third-order valence-electron chi connectivity index (χ3n) is 3.03. The molecule has 0 aliphatic heterocycles. The highest BCUT2D eigenvalue weighted by Gasteiger charge is 2.06. The molecule has 0 fully saturated rings. The average molecular weight is 368 g/mol. The molecular weight excluding hydrogens is 348 g/mol. The van der Waals surface area contributed by atoms with Gasteiger partial charge in [-0.15, -0.1) is 0 Å². The van der Waals surface area contributed by atoms with Gasteiger partial charge in [-0.2, -0.15) is 8.78 Å². The van der Waals surface area contributed by atoms with Crippen LogP contribution in [-0.4, -0.2) is 25.7 Å². The molecule has 0 aliphatic rings. The number of ether oxygens (including phenoxy) is 1. The molecule has 0 saturated carbocycles. The van der Waals surface area contributed by atoms with Gasteiger partial charge in [0.05, 0.1) is 0 Å². The fourth-order valence-electron chi connectivity index (χ4n) is 1.79. The molecule has 0 amide bonds. The Labute approximate surface area is 150 Å². The Morgan fingerprint density at radius 2 is 1.73 bits per heavy atom. The van der Waals surface area contributed by atoms with Gasteiger partial charge >= 0.3 is 6.61 Å². The van der Waals surface area contributed by atoms with Gasteiger partial charge < -0.3 is 4.74 Å². The van der Waals surface area contributed by atoms with Gasteiger partial charge in [-0.1, -0.05) is 24.6 Å². The molecule has 0 aliphatic carbocycles. The van der Waals surface area contributed by atoms with Crippen LogP contribution in [0, 0.1) is 18.6 Å². The second-order valence-corrected chi connectivity index (χ2v) is 5.09. The van der Waals surface area contributed by atoms with Crippen molar-refractivity contribution in [1.29, 1.82) is 0 Å². The van der Waals surface area contributed by atoms with Crippen molar-refractivity contribution in [3.05, 3.63) is 65.2 Å². The second-order valence-electron chi connectivity index (χ2n) is 5.09. The maximum Gasteiger partial charge on any atom is 0.387 e. The Balaban J connectivity index is 0.000000273. The van der Waals surface area contributed by atoms with Gasteiger partial charge in [0.15, 0.2) is 17.5 Å². The van der Waals surface area contributed by atoms with Crippen LogP contribution in [0.1, 0.15) is 24.5 Å². The van der Waals surface area contributed by atoms with Crippen molar-refractivity contribution in [2.24, 2.45) is 9.98 Å². The molecule has 0 N–H and O–H groups in total. The molecule has 0 radical (unpaired) electrons. The van der Waals surface area contributed by atoms with Gasteiger partial charge in [-0.25, -0.2) is 13.8 Å². The topological polar surface area (TPSA) is 34.0 Å². The maximum atomic E-state index is 12.9. The first-order valence-corrected chi connectivity index (χ1v) is 7.83. The van der Waals surface area contributed by atoms with Gasteiger partial charge in [0, 0.05) is 18.8 Å². The molecule has 2 aromatic rings. The van der Waals surface area contributed by atoms with E-state index in [-0.39, 0.29) is 5.75 Å². The van der Waals surface area contributed by atoms with Gasteiger partial charge in [0.2, 0.25) is 0 Å². The van der Waals surface area contributed by atoms with Crippen LogP contribution >= 0.6 is 0 Å². The third-order valence-corrected chi connectivity index (χ3v) is 3.03. The first-order valence-electron chi connectivity index (χ1n) is 7.83. The summed E-state index contributed by atoms with van der Waals surface area (Å²) in [7, 11) is 1.56. The number of hydrogen-bond donors (Lipinski definition) is 0. The molecule has 140 valence electrons. The number of halogens is 4. The summed E-state index contributed by atoms with van der Waals surface area (Å²) in [5.74, 6) is -1.16. The van der Waals surface area contributed by atoms with Crippen LogP contribution in [0.15, 0.2) is 52.4 Å². The van der Waals surface area contributed by atoms with Crippen LogP contribution < -0.4 is 4.74 Å². The summed E-state index contributed by atoms with van der Waals surface area (Å²) in [6, 6.07) is 10.1. The molecule has 0 atom stereocenters. The van der Waals surface area contributed by atoms with Crippen molar-refractivity contribution >= 4 is 12.1 Å². The summed E-state index contributed by atoms with van der Waals surface area (Å²) < 4.78 is 52.9. The number of aliphatic imine (C=N–C) groups is 2. The second kappa shape index (κ2) is 11.0. The van der Waals surface area contributed by atoms with Crippen LogP contribution in [0.2, 0.25) is 0 Å². The van der Waals surface area contributed by atoms with E-state index in [0.717, 1.165) is 24.1 Å². The Kier molecular flexibility index (Phi) is 9.05. The van der Waals surface area contributed by atoms with Crippen LogP contribution in [0.5, 0.6) is 5.75 Å². The van der Waals surface area contributed by atoms with Crippen molar-refractivity contribution in [2.45, 2.75) is 26.9 Å². The first-order chi connectivity index (χ1) is 12.4. The lowest BCUT2D eigenvalue weighted by molar-refractivity contribution is -0.0498. The molecule has 26 heavy (non-hydrogen) atoms. The minimum absolute atomic E-state index is 0.200. The first kappa shape index (κ1) is 21.3. The number of aryl methyl sites for hydroxylation is 1. The van der Waals surface area contributed by atoms with Crippen LogP contribution in [0.3, 0.4) is 0 Å². The van der Waals surface area contributed by atoms with Crippen molar-refractivity contribution < 1.29 is 22.3 Å². The van der Waals surface area contributed by atoms with E-state index in [1.807, 2.05) is 13.8 Å². The Bertz CT molecular complexity index is 744. The van der Waals surface area contributed by atoms with E-state index in [1.54, 1.807) is 25.4 Å². The van der Waals surface area contributed by atoms with Gasteiger partial charge in [-0.05, 0) is 43.7 Å². The molecule has 0 bridgehead atoms. The predicted molar refractivity (Wildman–Crippen MR) is 95.4 cm³/mol. The summed E-state index contributed by atoms with van der Waals surface area (Å²) >= 11 is 0. The Morgan fingerprint density at radius 3 is 2.23 bits per heavy atom. The van der Waals surface area contributed by atoms with E-state index in [1.165, 1.54) is 18.2 Å². The zero-order valence-corrected chi connectivity index (χ0v) is 14.7. The third kappa shape index (κ3) is 7.46. The molecule has 0 unspecified atom stereocenters. The summed E-state index contributed by atoms with van der Waals surface area (Å²) in [6.07, 6.45) is 2.44. The number of nitrogens with zero attached hydrogens (tertiary/aromatic N) is 2. The van der Waals surface area contributed by atoms with E-state index < -0.39 is 18.2 Å². The lowest BCUT2D eigenvalue weighted by atomic mass is 10.2. The Hall–Kier alpha value is -2.70. The highest BCUT2D eigenvalue weighted by Crippen LogP contribution is 2.14. The molecule has 2 rings (SSSR count). The monoisotopic (exact) mass is 368 g/mol. The summed E-state index contributed by atoms with van der Waals surface area (Å²) in [4.78, 5) is 7.93. The number of benzene rings is 2. The number of alkyl halides is 2. The van der Waals surface area contributed by atoms with Crippen molar-refractivity contribution in [3.63, 3.8) is 0 Å². The SMILES string of the molecule is CCC=NC(=NC)c1ccc(F)c(F)c1.Cc1ccc(OC(F)F)cc1. The zero-order chi connectivity index (χ0) is 19.5. The standard InChI is InChI=1S/C11H12F2N2.C8H8F2O/c1-3-6-15-11(14-2)8-4-5-9(12)10(13)7-8;1-6-2-4-7(5-3-6)11-8(9)10/h4-7H,3H2,1-2H3;2-5,8H,1H3. The van der Waals surface area contributed by atoms with Gasteiger partial charge in [-0.3, -0.25) is 4.99 Å². The van der Waals surface area contributed by atoms with Crippen molar-refractivity contribution in [1.82, 2.24) is 0 Å². The molecule has 0 aromatic heterocycles. The Morgan fingerprint density at radius 1 is 1.08 bits per heavy atom. The van der Waals surface area contributed by atoms with Crippen LogP contribution in [-0.2, 0) is 0 Å². The minimum atomic E-state index is -2.74. The van der Waals surface area contributed by atoms with E-state index in [4.69, 9.17) is 0 Å². The molecule has 2 aromatic carbocycles. The fraction of sp³-hybridized carbons (Fsp3) is 0.263. The van der Waals surface area contributed by atoms with Crippen LogP contribution in [0.4, 0.5) is 17.6 Å². The van der Waals surface area contributed by atoms with Crippen LogP contribution in [0.25, 0.3) is 0 Å². The average Bonchev–Trinajstić information content (AvgIpc) is 2.61. The van der Waals surface area contributed by atoms with E-state index >= 15 is 0 Å². The lowest BCUT2D eigenvalue weighted by Crippen LogP contribution is -2.01. The summed E-state index contributed by atoms with van der Waals surface area (Å²) in [5, 5.41) is 0. The summed E-state index contributed by atoms with van der Waals surface area (Å²) in [5.41, 5.74) is 1.49. The molecule has 3 nitrogen and oxygen atoms in total. The number of amidine groups is 1. The lowest BCUT2D eigenvalue weighted by Gasteiger charge is -2.02. The minimum Gasteiger partial charge on any atom is -0.435 e. The van der Waals surface area contributed by atoms with E-state index in [2.05, 4.69) is 14.7 Å². The molecule has 0 spiro atoms. The fourth-order valence-corrected chi connectivity index (χ4v) is 1.79. The van der Waals surface area contributed by atoms with Gasteiger partial charge in [0.25, 0.3) is 0 Å². The predicted octanol–water partition coefficient (Wildman–Crippen LogP) is 5.42. The molecular formula is C19H20F4N2O. The summed E-state index contributed by atoms with van der Waals surface area (Å²) in [6.45, 7) is 1.08. The van der Waals surface area contributed by atoms with Crippen molar-refractivity contribution in [2.75, 3.05) is 7.05 Å². The van der Waals surface area contributed by atoms with E-state index in [9.17, 15) is 17.6 Å². The molecule has 0 heterocycles. The number of hydrogen-bond acceptors (Lipinski definition) is 2. The maximum absolute atomic E-state index is 12.9. The zero-order valence-electron chi connectivity index (χ0n) is 14.7. The molecule has 7 heteroatoms. The smallest absolute Gasteiger partial charge is 0.387 e.